The quantitative estimate of drug-likeness (QED) is 0.542. The Balaban J connectivity index is 3.04. The van der Waals surface area contributed by atoms with E-state index in [-0.39, 0.29) is 23.6 Å². The number of nitrogens with zero attached hydrogens (tertiary/aromatic N) is 1. The van der Waals surface area contributed by atoms with E-state index in [9.17, 15) is 18.6 Å². The van der Waals surface area contributed by atoms with Crippen molar-refractivity contribution in [2.45, 2.75) is 82.5 Å². The van der Waals surface area contributed by atoms with Crippen molar-refractivity contribution in [3.05, 3.63) is 29.8 Å². The van der Waals surface area contributed by atoms with Gasteiger partial charge >= 0.3 is 0 Å². The van der Waals surface area contributed by atoms with E-state index in [1.807, 2.05) is 20.8 Å². The van der Waals surface area contributed by atoms with Gasteiger partial charge in [0.2, 0.25) is 10.0 Å². The van der Waals surface area contributed by atoms with Crippen LogP contribution in [0.3, 0.4) is 0 Å². The van der Waals surface area contributed by atoms with Crippen molar-refractivity contribution in [3.63, 3.8) is 0 Å². The predicted octanol–water partition coefficient (Wildman–Crippen LogP) is 2.41. The van der Waals surface area contributed by atoms with Crippen LogP contribution in [0.25, 0.3) is 0 Å². The van der Waals surface area contributed by atoms with Gasteiger partial charge in [0, 0.05) is 18.1 Å². The maximum absolute atomic E-state index is 13.1. The topological polar surface area (TPSA) is 104 Å². The van der Waals surface area contributed by atoms with Crippen molar-refractivity contribution in [1.29, 1.82) is 0 Å². The average Bonchev–Trinajstić information content (AvgIpc) is 2.59. The second-order valence-electron chi connectivity index (χ2n) is 7.11. The zero-order valence-corrected chi connectivity index (χ0v) is 17.1. The second-order valence-corrected chi connectivity index (χ2v) is 8.95. The molecule has 1 aromatic rings. The minimum atomic E-state index is -3.75. The van der Waals surface area contributed by atoms with Gasteiger partial charge in [-0.15, -0.1) is 0 Å². The highest BCUT2D eigenvalue weighted by Crippen LogP contribution is 2.25. The van der Waals surface area contributed by atoms with E-state index in [0.29, 0.717) is 12.0 Å². The van der Waals surface area contributed by atoms with Crippen LogP contribution in [0.1, 0.15) is 65.0 Å². The number of benzene rings is 1. The SMILES string of the molecule is CCC(N)CCCC(CO)N(C(C)C)S(=O)(=O)c1ccc(C(C)O)cc1. The third-order valence-corrected chi connectivity index (χ3v) is 6.80. The van der Waals surface area contributed by atoms with Gasteiger partial charge in [-0.2, -0.15) is 4.31 Å². The number of aliphatic hydroxyl groups is 2. The zero-order valence-electron chi connectivity index (χ0n) is 16.3. The molecule has 6 nitrogen and oxygen atoms in total. The monoisotopic (exact) mass is 386 g/mol. The van der Waals surface area contributed by atoms with E-state index >= 15 is 0 Å². The molecule has 0 aliphatic heterocycles. The second kappa shape index (κ2) is 10.4. The third-order valence-electron chi connectivity index (χ3n) is 4.65. The average molecular weight is 387 g/mol. The summed E-state index contributed by atoms with van der Waals surface area (Å²) in [5, 5.41) is 19.4. The molecule has 1 rings (SSSR count). The van der Waals surface area contributed by atoms with E-state index in [1.54, 1.807) is 19.1 Å². The van der Waals surface area contributed by atoms with Crippen molar-refractivity contribution in [2.24, 2.45) is 5.73 Å². The molecule has 3 atom stereocenters. The molecule has 0 radical (unpaired) electrons. The molecule has 150 valence electrons. The van der Waals surface area contributed by atoms with E-state index in [2.05, 4.69) is 0 Å². The molecule has 0 aliphatic carbocycles. The van der Waals surface area contributed by atoms with Crippen molar-refractivity contribution in [3.8, 4) is 0 Å². The fourth-order valence-electron chi connectivity index (χ4n) is 3.05. The lowest BCUT2D eigenvalue weighted by Crippen LogP contribution is -2.46. The van der Waals surface area contributed by atoms with Crippen LogP contribution in [-0.4, -0.2) is 47.7 Å². The van der Waals surface area contributed by atoms with Crippen molar-refractivity contribution in [1.82, 2.24) is 4.31 Å². The Morgan fingerprint density at radius 2 is 1.69 bits per heavy atom. The van der Waals surface area contributed by atoms with Gasteiger partial charge in [-0.05, 0) is 57.7 Å². The molecule has 0 heterocycles. The fraction of sp³-hybridized carbons (Fsp3) is 0.684. The lowest BCUT2D eigenvalue weighted by Gasteiger charge is -2.33. The Bertz CT molecular complexity index is 629. The highest BCUT2D eigenvalue weighted by atomic mass is 32.2. The van der Waals surface area contributed by atoms with Crippen molar-refractivity contribution in [2.75, 3.05) is 6.61 Å². The van der Waals surface area contributed by atoms with Gasteiger partial charge in [-0.25, -0.2) is 8.42 Å². The van der Waals surface area contributed by atoms with E-state index in [0.717, 1.165) is 19.3 Å². The molecule has 0 aliphatic rings. The Morgan fingerprint density at radius 3 is 2.12 bits per heavy atom. The molecule has 0 saturated carbocycles. The normalized spacial score (nSPS) is 16.0. The number of aliphatic hydroxyl groups excluding tert-OH is 2. The maximum Gasteiger partial charge on any atom is 0.243 e. The van der Waals surface area contributed by atoms with Crippen LogP contribution in [0.5, 0.6) is 0 Å². The number of hydrogen-bond acceptors (Lipinski definition) is 5. The summed E-state index contributed by atoms with van der Waals surface area (Å²) < 4.78 is 27.7. The van der Waals surface area contributed by atoms with Crippen LogP contribution in [0.2, 0.25) is 0 Å². The van der Waals surface area contributed by atoms with Gasteiger partial charge in [-0.3, -0.25) is 0 Å². The molecule has 0 bridgehead atoms. The lowest BCUT2D eigenvalue weighted by molar-refractivity contribution is 0.157. The summed E-state index contributed by atoms with van der Waals surface area (Å²) in [4.78, 5) is 0.166. The molecule has 0 fully saturated rings. The number of hydrogen-bond donors (Lipinski definition) is 3. The molecule has 0 amide bonds. The van der Waals surface area contributed by atoms with E-state index < -0.39 is 22.2 Å². The van der Waals surface area contributed by atoms with E-state index in [4.69, 9.17) is 5.73 Å². The highest BCUT2D eigenvalue weighted by Gasteiger charge is 2.33. The van der Waals surface area contributed by atoms with Crippen molar-refractivity contribution >= 4 is 10.0 Å². The molecule has 1 aromatic carbocycles. The Kier molecular flexibility index (Phi) is 9.19. The number of nitrogens with two attached hydrogens (primary N) is 1. The van der Waals surface area contributed by atoms with Gasteiger partial charge in [0.1, 0.15) is 0 Å². The first-order valence-corrected chi connectivity index (χ1v) is 10.8. The van der Waals surface area contributed by atoms with Gasteiger partial charge in [0.25, 0.3) is 0 Å². The maximum atomic E-state index is 13.1. The smallest absolute Gasteiger partial charge is 0.243 e. The standard InChI is InChI=1S/C19H34N2O4S/c1-5-17(20)7-6-8-18(13-22)21(14(2)3)26(24,25)19-11-9-16(10-12-19)15(4)23/h9-12,14-15,17-18,22-23H,5-8,13,20H2,1-4H3. The molecule has 0 saturated heterocycles. The van der Waals surface area contributed by atoms with Crippen LogP contribution >= 0.6 is 0 Å². The predicted molar refractivity (Wildman–Crippen MR) is 104 cm³/mol. The fourth-order valence-corrected chi connectivity index (χ4v) is 4.90. The molecule has 26 heavy (non-hydrogen) atoms. The first-order chi connectivity index (χ1) is 12.1. The molecule has 7 heteroatoms. The van der Waals surface area contributed by atoms with Crippen LogP contribution in [-0.2, 0) is 10.0 Å². The summed E-state index contributed by atoms with van der Waals surface area (Å²) in [7, 11) is -3.75. The minimum Gasteiger partial charge on any atom is -0.395 e. The first-order valence-electron chi connectivity index (χ1n) is 9.33. The Morgan fingerprint density at radius 1 is 1.12 bits per heavy atom. The molecular weight excluding hydrogens is 352 g/mol. The van der Waals surface area contributed by atoms with Crippen LogP contribution < -0.4 is 5.73 Å². The summed E-state index contributed by atoms with van der Waals surface area (Å²) in [6.07, 6.45) is 2.36. The largest absolute Gasteiger partial charge is 0.395 e. The van der Waals surface area contributed by atoms with Gasteiger partial charge in [0.05, 0.1) is 17.6 Å². The summed E-state index contributed by atoms with van der Waals surface area (Å²) in [6, 6.07) is 5.58. The Hall–Kier alpha value is -0.990. The molecule has 4 N–H and O–H groups in total. The minimum absolute atomic E-state index is 0.103. The van der Waals surface area contributed by atoms with Crippen LogP contribution in [0.4, 0.5) is 0 Å². The van der Waals surface area contributed by atoms with Crippen LogP contribution in [0.15, 0.2) is 29.2 Å². The first kappa shape index (κ1) is 23.0. The van der Waals surface area contributed by atoms with Gasteiger partial charge < -0.3 is 15.9 Å². The Labute approximate surface area is 158 Å². The molecular formula is C19H34N2O4S. The zero-order chi connectivity index (χ0) is 19.9. The van der Waals surface area contributed by atoms with Gasteiger partial charge in [-0.1, -0.05) is 25.5 Å². The van der Waals surface area contributed by atoms with E-state index in [1.165, 1.54) is 16.4 Å². The van der Waals surface area contributed by atoms with Crippen LogP contribution in [0, 0.1) is 0 Å². The molecule has 0 aromatic heterocycles. The van der Waals surface area contributed by atoms with Crippen molar-refractivity contribution < 1.29 is 18.6 Å². The third kappa shape index (κ3) is 6.03. The molecule has 3 unspecified atom stereocenters. The summed E-state index contributed by atoms with van der Waals surface area (Å²) in [5.41, 5.74) is 6.60. The van der Waals surface area contributed by atoms with Gasteiger partial charge in [0.15, 0.2) is 0 Å². The number of rotatable bonds is 11. The summed E-state index contributed by atoms with van der Waals surface area (Å²) in [6.45, 7) is 7.04. The lowest BCUT2D eigenvalue weighted by atomic mass is 10.0. The summed E-state index contributed by atoms with van der Waals surface area (Å²) >= 11 is 0. The summed E-state index contributed by atoms with van der Waals surface area (Å²) in [5.74, 6) is 0. The number of sulfonamides is 1. The molecule has 0 spiro atoms. The highest BCUT2D eigenvalue weighted by molar-refractivity contribution is 7.89.